The molecular formula is C12H6ClNO2S. The van der Waals surface area contributed by atoms with Crippen molar-refractivity contribution < 1.29 is 9.90 Å². The molecule has 0 aliphatic carbocycles. The quantitative estimate of drug-likeness (QED) is 0.805. The van der Waals surface area contributed by atoms with Crippen LogP contribution in [0, 0.1) is 11.8 Å². The molecule has 0 radical (unpaired) electrons. The second kappa shape index (κ2) is 5.00. The fraction of sp³-hybridized carbons (Fsp3) is 0. The van der Waals surface area contributed by atoms with Gasteiger partial charge < -0.3 is 5.11 Å². The van der Waals surface area contributed by atoms with Crippen molar-refractivity contribution >= 4 is 28.9 Å². The molecule has 17 heavy (non-hydrogen) atoms. The maximum atomic E-state index is 10.6. The van der Waals surface area contributed by atoms with Crippen LogP contribution in [0.1, 0.15) is 20.2 Å². The van der Waals surface area contributed by atoms with Crippen molar-refractivity contribution in [1.29, 1.82) is 0 Å². The van der Waals surface area contributed by atoms with E-state index in [1.165, 1.54) is 6.20 Å². The molecule has 1 aromatic carbocycles. The Morgan fingerprint density at radius 1 is 1.29 bits per heavy atom. The molecule has 0 amide bonds. The van der Waals surface area contributed by atoms with Crippen LogP contribution in [-0.4, -0.2) is 16.1 Å². The molecule has 0 aliphatic heterocycles. The minimum Gasteiger partial charge on any atom is -0.477 e. The zero-order chi connectivity index (χ0) is 12.3. The molecule has 5 heteroatoms. The standard InChI is InChI=1S/C12H6ClNO2S/c13-9-4-1-8(2-5-9)3-6-11-14-7-10(17-11)12(15)16/h1-2,4-5,7H,(H,15,16). The molecule has 0 spiro atoms. The third kappa shape index (κ3) is 3.06. The number of halogens is 1. The van der Waals surface area contributed by atoms with Crippen LogP contribution >= 0.6 is 22.9 Å². The number of carboxylic acid groups (broad SMARTS) is 1. The summed E-state index contributed by atoms with van der Waals surface area (Å²) >= 11 is 6.80. The minimum absolute atomic E-state index is 0.186. The van der Waals surface area contributed by atoms with Crippen LogP contribution in [0.5, 0.6) is 0 Å². The second-order valence-electron chi connectivity index (χ2n) is 3.09. The van der Waals surface area contributed by atoms with Gasteiger partial charge in [0.15, 0.2) is 5.01 Å². The van der Waals surface area contributed by atoms with Crippen LogP contribution in [-0.2, 0) is 0 Å². The van der Waals surface area contributed by atoms with Crippen molar-refractivity contribution in [3.05, 3.63) is 50.9 Å². The van der Waals surface area contributed by atoms with Gasteiger partial charge in [-0.3, -0.25) is 0 Å². The smallest absolute Gasteiger partial charge is 0.347 e. The van der Waals surface area contributed by atoms with Gasteiger partial charge in [0.2, 0.25) is 0 Å². The lowest BCUT2D eigenvalue weighted by molar-refractivity contribution is 0.0702. The number of hydrogen-bond acceptors (Lipinski definition) is 3. The van der Waals surface area contributed by atoms with Gasteiger partial charge in [0.05, 0.1) is 6.20 Å². The fourth-order valence-electron chi connectivity index (χ4n) is 1.09. The van der Waals surface area contributed by atoms with E-state index in [1.807, 2.05) is 0 Å². The molecule has 0 fully saturated rings. The number of carbonyl (C=O) groups is 1. The second-order valence-corrected chi connectivity index (χ2v) is 4.56. The predicted molar refractivity (Wildman–Crippen MR) is 66.5 cm³/mol. The first-order valence-electron chi connectivity index (χ1n) is 4.62. The first-order valence-corrected chi connectivity index (χ1v) is 5.81. The average Bonchev–Trinajstić information content (AvgIpc) is 2.77. The largest absolute Gasteiger partial charge is 0.477 e. The van der Waals surface area contributed by atoms with E-state index in [0.717, 1.165) is 16.9 Å². The van der Waals surface area contributed by atoms with Gasteiger partial charge in [-0.15, -0.1) is 0 Å². The van der Waals surface area contributed by atoms with E-state index in [9.17, 15) is 4.79 Å². The number of thiazole rings is 1. The normalized spacial score (nSPS) is 9.47. The summed E-state index contributed by atoms with van der Waals surface area (Å²) in [5.41, 5.74) is 0.807. The van der Waals surface area contributed by atoms with Crippen LogP contribution in [0.4, 0.5) is 0 Å². The monoisotopic (exact) mass is 263 g/mol. The molecule has 1 heterocycles. The number of benzene rings is 1. The highest BCUT2D eigenvalue weighted by Gasteiger charge is 2.06. The van der Waals surface area contributed by atoms with Gasteiger partial charge in [0, 0.05) is 10.6 Å². The molecule has 0 bridgehead atoms. The van der Waals surface area contributed by atoms with Gasteiger partial charge in [-0.2, -0.15) is 0 Å². The van der Waals surface area contributed by atoms with Crippen molar-refractivity contribution in [2.75, 3.05) is 0 Å². The summed E-state index contributed by atoms with van der Waals surface area (Å²) in [4.78, 5) is 14.7. The van der Waals surface area contributed by atoms with Crippen LogP contribution < -0.4 is 0 Å². The summed E-state index contributed by atoms with van der Waals surface area (Å²) in [7, 11) is 0. The van der Waals surface area contributed by atoms with Crippen molar-refractivity contribution in [1.82, 2.24) is 4.98 Å². The van der Waals surface area contributed by atoms with E-state index in [0.29, 0.717) is 10.0 Å². The highest BCUT2D eigenvalue weighted by Crippen LogP contribution is 2.12. The molecule has 84 valence electrons. The van der Waals surface area contributed by atoms with Crippen LogP contribution in [0.25, 0.3) is 0 Å². The lowest BCUT2D eigenvalue weighted by atomic mass is 10.2. The molecular weight excluding hydrogens is 258 g/mol. The highest BCUT2D eigenvalue weighted by atomic mass is 35.5. The van der Waals surface area contributed by atoms with E-state index >= 15 is 0 Å². The fourth-order valence-corrected chi connectivity index (χ4v) is 1.82. The van der Waals surface area contributed by atoms with Crippen molar-refractivity contribution in [2.45, 2.75) is 0 Å². The van der Waals surface area contributed by atoms with E-state index in [2.05, 4.69) is 16.8 Å². The lowest BCUT2D eigenvalue weighted by Crippen LogP contribution is -1.89. The SMILES string of the molecule is O=C(O)c1cnc(C#Cc2ccc(Cl)cc2)s1. The number of nitrogens with zero attached hydrogens (tertiary/aromatic N) is 1. The maximum absolute atomic E-state index is 10.6. The molecule has 2 aromatic rings. The average molecular weight is 264 g/mol. The number of rotatable bonds is 1. The van der Waals surface area contributed by atoms with Gasteiger partial charge in [0.25, 0.3) is 0 Å². The molecule has 0 aliphatic rings. The van der Waals surface area contributed by atoms with E-state index in [1.54, 1.807) is 24.3 Å². The number of aromatic carboxylic acids is 1. The van der Waals surface area contributed by atoms with Gasteiger partial charge in [-0.05, 0) is 30.2 Å². The number of aromatic nitrogens is 1. The van der Waals surface area contributed by atoms with Crippen molar-refractivity contribution in [2.24, 2.45) is 0 Å². The molecule has 1 N–H and O–H groups in total. The first kappa shape index (κ1) is 11.6. The number of hydrogen-bond donors (Lipinski definition) is 1. The first-order chi connectivity index (χ1) is 8.15. The van der Waals surface area contributed by atoms with Crippen molar-refractivity contribution in [3.8, 4) is 11.8 Å². The third-order valence-corrected chi connectivity index (χ3v) is 3.03. The Bertz CT molecular complexity index is 607. The summed E-state index contributed by atoms with van der Waals surface area (Å²) in [5, 5.41) is 9.86. The highest BCUT2D eigenvalue weighted by molar-refractivity contribution is 7.14. The molecule has 0 saturated carbocycles. The Kier molecular flexibility index (Phi) is 3.43. The van der Waals surface area contributed by atoms with Crippen LogP contribution in [0.3, 0.4) is 0 Å². The zero-order valence-corrected chi connectivity index (χ0v) is 10.0. The molecule has 0 unspecified atom stereocenters. The minimum atomic E-state index is -0.984. The van der Waals surface area contributed by atoms with E-state index < -0.39 is 5.97 Å². The van der Waals surface area contributed by atoms with Gasteiger partial charge >= 0.3 is 5.97 Å². The molecule has 2 rings (SSSR count). The van der Waals surface area contributed by atoms with Crippen LogP contribution in [0.15, 0.2) is 30.5 Å². The summed E-state index contributed by atoms with van der Waals surface area (Å²) in [6, 6.07) is 7.08. The Morgan fingerprint density at radius 2 is 2.00 bits per heavy atom. The zero-order valence-electron chi connectivity index (χ0n) is 8.48. The Hall–Kier alpha value is -1.83. The van der Waals surface area contributed by atoms with Gasteiger partial charge in [-0.1, -0.05) is 28.9 Å². The summed E-state index contributed by atoms with van der Waals surface area (Å²) in [5.74, 6) is 4.71. The summed E-state index contributed by atoms with van der Waals surface area (Å²) in [6.07, 6.45) is 1.30. The molecule has 3 nitrogen and oxygen atoms in total. The Morgan fingerprint density at radius 3 is 2.59 bits per heavy atom. The Labute approximate surface area is 107 Å². The maximum Gasteiger partial charge on any atom is 0.347 e. The number of carboxylic acids is 1. The Balaban J connectivity index is 2.20. The molecule has 0 saturated heterocycles. The lowest BCUT2D eigenvalue weighted by Gasteiger charge is -1.89. The molecule has 0 atom stereocenters. The van der Waals surface area contributed by atoms with Crippen LogP contribution in [0.2, 0.25) is 5.02 Å². The summed E-state index contributed by atoms with van der Waals surface area (Å²) < 4.78 is 0. The molecule has 1 aromatic heterocycles. The van der Waals surface area contributed by atoms with Gasteiger partial charge in [0.1, 0.15) is 4.88 Å². The summed E-state index contributed by atoms with van der Waals surface area (Å²) in [6.45, 7) is 0. The van der Waals surface area contributed by atoms with Gasteiger partial charge in [-0.25, -0.2) is 9.78 Å². The van der Waals surface area contributed by atoms with E-state index in [4.69, 9.17) is 16.7 Å². The van der Waals surface area contributed by atoms with E-state index in [-0.39, 0.29) is 4.88 Å². The topological polar surface area (TPSA) is 50.2 Å². The van der Waals surface area contributed by atoms with Crippen molar-refractivity contribution in [3.63, 3.8) is 0 Å². The predicted octanol–water partition coefficient (Wildman–Crippen LogP) is 2.89. The third-order valence-electron chi connectivity index (χ3n) is 1.87.